The van der Waals surface area contributed by atoms with Gasteiger partial charge in [-0.3, -0.25) is 14.2 Å². The first-order valence-electron chi connectivity index (χ1n) is 8.70. The molecule has 0 atom stereocenters. The van der Waals surface area contributed by atoms with Crippen LogP contribution in [0.2, 0.25) is 5.02 Å². The van der Waals surface area contributed by atoms with E-state index in [1.54, 1.807) is 24.3 Å². The van der Waals surface area contributed by atoms with Gasteiger partial charge in [-0.25, -0.2) is 4.98 Å². The fraction of sp³-hybridized carbons (Fsp3) is 0.190. The van der Waals surface area contributed by atoms with Crippen molar-refractivity contribution in [3.63, 3.8) is 0 Å². The maximum absolute atomic E-state index is 12.8. The first kappa shape index (κ1) is 20.2. The van der Waals surface area contributed by atoms with Crippen LogP contribution < -0.4 is 10.9 Å². The second-order valence-electron chi connectivity index (χ2n) is 6.40. The molecule has 0 radical (unpaired) electrons. The average molecular weight is 414 g/mol. The van der Waals surface area contributed by atoms with Gasteiger partial charge in [0.05, 0.1) is 16.7 Å². The molecule has 0 bridgehead atoms. The number of aryl methyl sites for hydroxylation is 2. The number of halogens is 1. The Labute approximate surface area is 172 Å². The third-order valence-corrected chi connectivity index (χ3v) is 5.53. The second-order valence-corrected chi connectivity index (χ2v) is 7.78. The Hall–Kier alpha value is -2.57. The SMILES string of the molecule is C=CCn1c(SCC(=O)Nc2ccc(C)c(C)c2)nc2ccc(Cl)cc2c1=O. The molecule has 1 aromatic heterocycles. The molecular weight excluding hydrogens is 394 g/mol. The van der Waals surface area contributed by atoms with Gasteiger partial charge in [0.15, 0.2) is 5.16 Å². The summed E-state index contributed by atoms with van der Waals surface area (Å²) in [4.78, 5) is 29.7. The number of allylic oxidation sites excluding steroid dienone is 1. The zero-order valence-electron chi connectivity index (χ0n) is 15.7. The molecular formula is C21H20ClN3O2S. The summed E-state index contributed by atoms with van der Waals surface area (Å²) in [5.41, 5.74) is 3.37. The van der Waals surface area contributed by atoms with Gasteiger partial charge in [0.25, 0.3) is 5.56 Å². The summed E-state index contributed by atoms with van der Waals surface area (Å²) in [5, 5.41) is 4.27. The number of nitrogens with one attached hydrogen (secondary N) is 1. The highest BCUT2D eigenvalue weighted by molar-refractivity contribution is 7.99. The van der Waals surface area contributed by atoms with E-state index in [2.05, 4.69) is 16.9 Å². The van der Waals surface area contributed by atoms with Gasteiger partial charge in [-0.15, -0.1) is 6.58 Å². The number of fused-ring (bicyclic) bond motifs is 1. The van der Waals surface area contributed by atoms with Crippen LogP contribution in [0.1, 0.15) is 11.1 Å². The molecule has 28 heavy (non-hydrogen) atoms. The Morgan fingerprint density at radius 3 is 2.75 bits per heavy atom. The van der Waals surface area contributed by atoms with Gasteiger partial charge in [-0.05, 0) is 55.3 Å². The van der Waals surface area contributed by atoms with E-state index in [4.69, 9.17) is 11.6 Å². The molecule has 3 rings (SSSR count). The molecule has 0 saturated carbocycles. The maximum atomic E-state index is 12.8. The molecule has 0 unspecified atom stereocenters. The van der Waals surface area contributed by atoms with E-state index < -0.39 is 0 Å². The summed E-state index contributed by atoms with van der Waals surface area (Å²) in [5.74, 6) is -0.0286. The molecule has 0 fully saturated rings. The van der Waals surface area contributed by atoms with E-state index in [9.17, 15) is 9.59 Å². The van der Waals surface area contributed by atoms with Crippen LogP contribution in [0.25, 0.3) is 10.9 Å². The van der Waals surface area contributed by atoms with E-state index in [0.717, 1.165) is 11.3 Å². The molecule has 144 valence electrons. The van der Waals surface area contributed by atoms with Crippen molar-refractivity contribution in [3.05, 3.63) is 75.6 Å². The second kappa shape index (κ2) is 8.63. The first-order valence-corrected chi connectivity index (χ1v) is 10.1. The summed E-state index contributed by atoms with van der Waals surface area (Å²) in [6.45, 7) is 8.02. The van der Waals surface area contributed by atoms with E-state index in [0.29, 0.717) is 27.6 Å². The Morgan fingerprint density at radius 1 is 1.25 bits per heavy atom. The lowest BCUT2D eigenvalue weighted by molar-refractivity contribution is -0.113. The molecule has 1 N–H and O–H groups in total. The standard InChI is InChI=1S/C21H20ClN3O2S/c1-4-9-25-20(27)17-11-15(22)6-8-18(17)24-21(25)28-12-19(26)23-16-7-5-13(2)14(3)10-16/h4-8,10-11H,1,9,12H2,2-3H3,(H,23,26). The van der Waals surface area contributed by atoms with Crippen LogP contribution in [0.15, 0.2) is 59.0 Å². The lowest BCUT2D eigenvalue weighted by atomic mass is 10.1. The normalized spacial score (nSPS) is 10.8. The third kappa shape index (κ3) is 4.46. The Balaban J connectivity index is 1.82. The predicted octanol–water partition coefficient (Wildman–Crippen LogP) is 4.58. The molecule has 5 nitrogen and oxygen atoms in total. The van der Waals surface area contributed by atoms with Crippen LogP contribution in [0.3, 0.4) is 0 Å². The van der Waals surface area contributed by atoms with Crippen molar-refractivity contribution in [3.8, 4) is 0 Å². The number of aromatic nitrogens is 2. The zero-order chi connectivity index (χ0) is 20.3. The molecule has 0 spiro atoms. The molecule has 3 aromatic rings. The van der Waals surface area contributed by atoms with Crippen molar-refractivity contribution in [1.29, 1.82) is 0 Å². The first-order chi connectivity index (χ1) is 13.4. The molecule has 0 saturated heterocycles. The van der Waals surface area contributed by atoms with Gasteiger partial charge in [0, 0.05) is 17.3 Å². The smallest absolute Gasteiger partial charge is 0.262 e. The largest absolute Gasteiger partial charge is 0.325 e. The van der Waals surface area contributed by atoms with Crippen LogP contribution in [0, 0.1) is 13.8 Å². The zero-order valence-corrected chi connectivity index (χ0v) is 17.2. The average Bonchev–Trinajstić information content (AvgIpc) is 2.66. The minimum absolute atomic E-state index is 0.135. The minimum Gasteiger partial charge on any atom is -0.325 e. The number of thioether (sulfide) groups is 1. The van der Waals surface area contributed by atoms with Gasteiger partial charge < -0.3 is 5.32 Å². The van der Waals surface area contributed by atoms with Crippen molar-refractivity contribution in [2.24, 2.45) is 0 Å². The Morgan fingerprint density at radius 2 is 2.04 bits per heavy atom. The highest BCUT2D eigenvalue weighted by Gasteiger charge is 2.13. The predicted molar refractivity (Wildman–Crippen MR) is 116 cm³/mol. The van der Waals surface area contributed by atoms with Crippen molar-refractivity contribution in [2.75, 3.05) is 11.1 Å². The molecule has 2 aromatic carbocycles. The minimum atomic E-state index is -0.204. The van der Waals surface area contributed by atoms with Crippen molar-refractivity contribution < 1.29 is 4.79 Å². The number of hydrogen-bond donors (Lipinski definition) is 1. The van der Waals surface area contributed by atoms with Crippen LogP contribution >= 0.6 is 23.4 Å². The number of rotatable bonds is 6. The van der Waals surface area contributed by atoms with E-state index in [1.165, 1.54) is 21.9 Å². The number of carbonyl (C=O) groups is 1. The number of nitrogens with zero attached hydrogens (tertiary/aromatic N) is 2. The Bertz CT molecular complexity index is 1120. The summed E-state index contributed by atoms with van der Waals surface area (Å²) in [6, 6.07) is 10.8. The van der Waals surface area contributed by atoms with E-state index in [1.807, 2.05) is 32.0 Å². The number of amides is 1. The topological polar surface area (TPSA) is 64.0 Å². The fourth-order valence-corrected chi connectivity index (χ4v) is 3.70. The third-order valence-electron chi connectivity index (χ3n) is 4.32. The van der Waals surface area contributed by atoms with Crippen LogP contribution in [0.5, 0.6) is 0 Å². The summed E-state index contributed by atoms with van der Waals surface area (Å²) < 4.78 is 1.50. The number of benzene rings is 2. The molecule has 0 aliphatic rings. The van der Waals surface area contributed by atoms with Crippen LogP contribution in [0.4, 0.5) is 5.69 Å². The van der Waals surface area contributed by atoms with E-state index in [-0.39, 0.29) is 17.2 Å². The number of hydrogen-bond acceptors (Lipinski definition) is 4. The monoisotopic (exact) mass is 413 g/mol. The molecule has 1 heterocycles. The lowest BCUT2D eigenvalue weighted by Crippen LogP contribution is -2.23. The molecule has 0 aliphatic carbocycles. The quantitative estimate of drug-likeness (QED) is 0.365. The van der Waals surface area contributed by atoms with Gasteiger partial charge in [0.1, 0.15) is 0 Å². The number of anilines is 1. The van der Waals surface area contributed by atoms with E-state index >= 15 is 0 Å². The van der Waals surface area contributed by atoms with Gasteiger partial charge in [-0.1, -0.05) is 35.5 Å². The molecule has 1 amide bonds. The van der Waals surface area contributed by atoms with Crippen LogP contribution in [-0.4, -0.2) is 21.2 Å². The summed E-state index contributed by atoms with van der Waals surface area (Å²) in [6.07, 6.45) is 1.62. The Kier molecular flexibility index (Phi) is 6.21. The summed E-state index contributed by atoms with van der Waals surface area (Å²) >= 11 is 7.22. The molecule has 7 heteroatoms. The van der Waals surface area contributed by atoms with Crippen molar-refractivity contribution >= 4 is 45.9 Å². The van der Waals surface area contributed by atoms with Crippen molar-refractivity contribution in [1.82, 2.24) is 9.55 Å². The maximum Gasteiger partial charge on any atom is 0.262 e. The highest BCUT2D eigenvalue weighted by Crippen LogP contribution is 2.21. The number of carbonyl (C=O) groups excluding carboxylic acids is 1. The van der Waals surface area contributed by atoms with Gasteiger partial charge >= 0.3 is 0 Å². The highest BCUT2D eigenvalue weighted by atomic mass is 35.5. The van der Waals surface area contributed by atoms with Crippen molar-refractivity contribution in [2.45, 2.75) is 25.5 Å². The lowest BCUT2D eigenvalue weighted by Gasteiger charge is -2.12. The van der Waals surface area contributed by atoms with Gasteiger partial charge in [0.2, 0.25) is 5.91 Å². The van der Waals surface area contributed by atoms with Gasteiger partial charge in [-0.2, -0.15) is 0 Å². The molecule has 0 aliphatic heterocycles. The van der Waals surface area contributed by atoms with Crippen LogP contribution in [-0.2, 0) is 11.3 Å². The summed E-state index contributed by atoms with van der Waals surface area (Å²) in [7, 11) is 0. The fourth-order valence-electron chi connectivity index (χ4n) is 2.72.